The van der Waals surface area contributed by atoms with Crippen molar-refractivity contribution in [3.8, 4) is 11.1 Å². The Hall–Kier alpha value is -5.08. The van der Waals surface area contributed by atoms with E-state index in [1.807, 2.05) is 91.3 Å². The zero-order valence-electron chi connectivity index (χ0n) is 26.2. The molecule has 7 heteroatoms. The van der Waals surface area contributed by atoms with Crippen molar-refractivity contribution in [2.45, 2.75) is 45.1 Å². The lowest BCUT2D eigenvalue weighted by molar-refractivity contribution is -0.276. The summed E-state index contributed by atoms with van der Waals surface area (Å²) >= 11 is 0. The number of para-hydroxylation sites is 2. The third-order valence-electron chi connectivity index (χ3n) is 8.96. The van der Waals surface area contributed by atoms with Gasteiger partial charge in [0.25, 0.3) is 5.91 Å². The second-order valence-corrected chi connectivity index (χ2v) is 12.1. The number of hydrogen-bond acceptors (Lipinski definition) is 5. The third-order valence-corrected chi connectivity index (χ3v) is 8.96. The van der Waals surface area contributed by atoms with Crippen LogP contribution in [-0.2, 0) is 29.2 Å². The van der Waals surface area contributed by atoms with Crippen molar-refractivity contribution in [2.24, 2.45) is 5.92 Å². The lowest BCUT2D eigenvalue weighted by atomic mass is 9.90. The van der Waals surface area contributed by atoms with E-state index in [0.717, 1.165) is 44.4 Å². The number of nitrogens with zero attached hydrogens (tertiary/aromatic N) is 2. The van der Waals surface area contributed by atoms with Crippen molar-refractivity contribution in [2.75, 3.05) is 0 Å². The summed E-state index contributed by atoms with van der Waals surface area (Å²) in [5, 5.41) is 12.6. The molecule has 1 amide bonds. The van der Waals surface area contributed by atoms with Gasteiger partial charge in [-0.15, -0.1) is 0 Å². The number of aliphatic hydroxyl groups is 1. The standard InChI is InChI=1S/C40H37N3O4/c1-27-37(24-43-26-42-35-12-5-6-13-36(35)43)46-40(47-38(27)31-16-14-28(25-44)15-17-31)33-20-18-30(19-21-33)34-11-7-8-29(22-34)23-41-39(45)32-9-3-2-4-10-32/h2-22,26-27,37-38,40,44H,23-25H2,1H3,(H,41,45). The van der Waals surface area contributed by atoms with Gasteiger partial charge < -0.3 is 24.5 Å². The summed E-state index contributed by atoms with van der Waals surface area (Å²) in [6.07, 6.45) is 0.967. The molecule has 4 unspecified atom stereocenters. The van der Waals surface area contributed by atoms with E-state index in [-0.39, 0.29) is 30.6 Å². The van der Waals surface area contributed by atoms with Gasteiger partial charge in [-0.1, -0.05) is 104 Å². The molecule has 6 aromatic rings. The number of carbonyl (C=O) groups excluding carboxylic acids is 1. The average Bonchev–Trinajstić information content (AvgIpc) is 3.54. The number of hydrogen-bond donors (Lipinski definition) is 2. The Kier molecular flexibility index (Phi) is 8.93. The predicted octanol–water partition coefficient (Wildman–Crippen LogP) is 7.62. The number of benzene rings is 5. The molecule has 1 aromatic heterocycles. The molecule has 1 aliphatic heterocycles. The monoisotopic (exact) mass is 623 g/mol. The molecule has 0 bridgehead atoms. The van der Waals surface area contributed by atoms with Crippen LogP contribution in [-0.4, -0.2) is 26.7 Å². The fourth-order valence-electron chi connectivity index (χ4n) is 6.25. The zero-order valence-corrected chi connectivity index (χ0v) is 26.2. The van der Waals surface area contributed by atoms with Crippen LogP contribution in [0.2, 0.25) is 0 Å². The molecular weight excluding hydrogens is 586 g/mol. The minimum Gasteiger partial charge on any atom is -0.392 e. The summed E-state index contributed by atoms with van der Waals surface area (Å²) in [6.45, 7) is 3.25. The summed E-state index contributed by atoms with van der Waals surface area (Å²) < 4.78 is 15.6. The SMILES string of the molecule is CC1C(Cn2cnc3ccccc32)OC(c2ccc(-c3cccc(CNC(=O)c4ccccc4)c3)cc2)OC1c1ccc(CO)cc1. The van der Waals surface area contributed by atoms with Crippen LogP contribution in [0.4, 0.5) is 0 Å². The summed E-state index contributed by atoms with van der Waals surface area (Å²) in [5.74, 6) is -0.0406. The highest BCUT2D eigenvalue weighted by Gasteiger charge is 2.38. The highest BCUT2D eigenvalue weighted by Crippen LogP contribution is 2.42. The molecule has 0 saturated carbocycles. The molecule has 1 aliphatic rings. The van der Waals surface area contributed by atoms with Gasteiger partial charge in [0.1, 0.15) is 0 Å². The smallest absolute Gasteiger partial charge is 0.251 e. The molecule has 7 nitrogen and oxygen atoms in total. The second-order valence-electron chi connectivity index (χ2n) is 12.1. The number of ether oxygens (including phenoxy) is 2. The van der Waals surface area contributed by atoms with Gasteiger partial charge in [0, 0.05) is 23.6 Å². The topological polar surface area (TPSA) is 85.6 Å². The van der Waals surface area contributed by atoms with Crippen LogP contribution in [0.15, 0.2) is 134 Å². The first-order chi connectivity index (χ1) is 23.1. The Labute approximate surface area is 274 Å². The maximum atomic E-state index is 12.5. The fourth-order valence-corrected chi connectivity index (χ4v) is 6.25. The molecule has 0 aliphatic carbocycles. The number of nitrogens with one attached hydrogen (secondary N) is 1. The van der Waals surface area contributed by atoms with E-state index in [1.54, 1.807) is 0 Å². The summed E-state index contributed by atoms with van der Waals surface area (Å²) in [4.78, 5) is 17.1. The Bertz CT molecular complexity index is 1950. The molecule has 1 saturated heterocycles. The van der Waals surface area contributed by atoms with Gasteiger partial charge >= 0.3 is 0 Å². The lowest BCUT2D eigenvalue weighted by Crippen LogP contribution is -2.39. The Morgan fingerprint density at radius 3 is 2.32 bits per heavy atom. The second kappa shape index (κ2) is 13.7. The first kappa shape index (κ1) is 30.6. The molecule has 7 rings (SSSR count). The van der Waals surface area contributed by atoms with E-state index in [0.29, 0.717) is 18.7 Å². The van der Waals surface area contributed by atoms with E-state index in [9.17, 15) is 9.90 Å². The Balaban J connectivity index is 1.11. The maximum Gasteiger partial charge on any atom is 0.251 e. The molecule has 47 heavy (non-hydrogen) atoms. The molecule has 236 valence electrons. The van der Waals surface area contributed by atoms with E-state index >= 15 is 0 Å². The molecule has 4 atom stereocenters. The molecule has 0 spiro atoms. The molecule has 1 fully saturated rings. The van der Waals surface area contributed by atoms with Crippen molar-refractivity contribution in [1.82, 2.24) is 14.9 Å². The van der Waals surface area contributed by atoms with Gasteiger partial charge in [-0.25, -0.2) is 4.98 Å². The quantitative estimate of drug-likeness (QED) is 0.173. The van der Waals surface area contributed by atoms with Gasteiger partial charge in [0.2, 0.25) is 0 Å². The number of aromatic nitrogens is 2. The molecule has 2 heterocycles. The summed E-state index contributed by atoms with van der Waals surface area (Å²) in [6, 6.07) is 41.9. The first-order valence-electron chi connectivity index (χ1n) is 16.0. The van der Waals surface area contributed by atoms with Crippen molar-refractivity contribution in [3.05, 3.63) is 162 Å². The summed E-state index contributed by atoms with van der Waals surface area (Å²) in [7, 11) is 0. The van der Waals surface area contributed by atoms with Crippen molar-refractivity contribution in [1.29, 1.82) is 0 Å². The van der Waals surface area contributed by atoms with Gasteiger partial charge in [-0.3, -0.25) is 4.79 Å². The van der Waals surface area contributed by atoms with Crippen LogP contribution in [0, 0.1) is 5.92 Å². The van der Waals surface area contributed by atoms with Crippen LogP contribution in [0.3, 0.4) is 0 Å². The maximum absolute atomic E-state index is 12.5. The third kappa shape index (κ3) is 6.74. The summed E-state index contributed by atoms with van der Waals surface area (Å²) in [5.41, 5.74) is 8.67. The van der Waals surface area contributed by atoms with Crippen LogP contribution in [0.25, 0.3) is 22.2 Å². The zero-order chi connectivity index (χ0) is 32.2. The number of carbonyl (C=O) groups is 1. The van der Waals surface area contributed by atoms with Crippen LogP contribution in [0.1, 0.15) is 51.9 Å². The lowest BCUT2D eigenvalue weighted by Gasteiger charge is -2.41. The number of amides is 1. The van der Waals surface area contributed by atoms with Crippen LogP contribution >= 0.6 is 0 Å². The van der Waals surface area contributed by atoms with Crippen molar-refractivity contribution in [3.63, 3.8) is 0 Å². The highest BCUT2D eigenvalue weighted by molar-refractivity contribution is 5.94. The van der Waals surface area contributed by atoms with Crippen LogP contribution < -0.4 is 5.32 Å². The van der Waals surface area contributed by atoms with Crippen molar-refractivity contribution < 1.29 is 19.4 Å². The van der Waals surface area contributed by atoms with Gasteiger partial charge in [-0.05, 0) is 58.1 Å². The average molecular weight is 624 g/mol. The van der Waals surface area contributed by atoms with Crippen LogP contribution in [0.5, 0.6) is 0 Å². The Morgan fingerprint density at radius 2 is 1.53 bits per heavy atom. The number of fused-ring (bicyclic) bond motifs is 1. The molecular formula is C40H37N3O4. The van der Waals surface area contributed by atoms with Gasteiger partial charge in [0.15, 0.2) is 6.29 Å². The highest BCUT2D eigenvalue weighted by atomic mass is 16.7. The van der Waals surface area contributed by atoms with E-state index in [2.05, 4.69) is 64.3 Å². The van der Waals surface area contributed by atoms with E-state index in [4.69, 9.17) is 9.47 Å². The molecule has 5 aromatic carbocycles. The fraction of sp³-hybridized carbons (Fsp3) is 0.200. The van der Waals surface area contributed by atoms with E-state index in [1.165, 1.54) is 0 Å². The van der Waals surface area contributed by atoms with E-state index < -0.39 is 6.29 Å². The minimum absolute atomic E-state index is 0.000994. The van der Waals surface area contributed by atoms with Gasteiger partial charge in [-0.2, -0.15) is 0 Å². The molecule has 0 radical (unpaired) electrons. The minimum atomic E-state index is -0.568. The normalized spacial score (nSPS) is 19.4. The predicted molar refractivity (Wildman–Crippen MR) is 182 cm³/mol. The van der Waals surface area contributed by atoms with Gasteiger partial charge in [0.05, 0.1) is 42.7 Å². The largest absolute Gasteiger partial charge is 0.392 e. The number of aliphatic hydroxyl groups excluding tert-OH is 1. The molecule has 2 N–H and O–H groups in total. The Morgan fingerprint density at radius 1 is 0.787 bits per heavy atom. The number of imidazole rings is 1. The number of rotatable bonds is 9. The van der Waals surface area contributed by atoms with Crippen molar-refractivity contribution >= 4 is 16.9 Å². The first-order valence-corrected chi connectivity index (χ1v) is 16.0.